The molecular weight excluding hydrogens is 400 g/mol. The van der Waals surface area contributed by atoms with Crippen LogP contribution in [0.3, 0.4) is 0 Å². The topological polar surface area (TPSA) is 79.2 Å². The van der Waals surface area contributed by atoms with E-state index in [2.05, 4.69) is 17.0 Å². The summed E-state index contributed by atoms with van der Waals surface area (Å²) in [4.78, 5) is 26.3. The number of hydrogen-bond donors (Lipinski definition) is 0. The first kappa shape index (κ1) is 20.1. The van der Waals surface area contributed by atoms with E-state index in [9.17, 15) is 4.79 Å². The van der Waals surface area contributed by atoms with E-state index in [0.717, 1.165) is 35.9 Å². The summed E-state index contributed by atoms with van der Waals surface area (Å²) < 4.78 is 3.42. The van der Waals surface area contributed by atoms with E-state index in [1.165, 1.54) is 6.42 Å². The number of aromatic amines is 1. The second-order valence-corrected chi connectivity index (χ2v) is 7.91. The molecule has 0 aliphatic rings. The number of hydrogen-bond acceptors (Lipinski definition) is 4. The van der Waals surface area contributed by atoms with Crippen molar-refractivity contribution in [2.45, 2.75) is 39.2 Å². The molecule has 0 fully saturated rings. The van der Waals surface area contributed by atoms with Crippen LogP contribution in [0.25, 0.3) is 33.2 Å². The average Bonchev–Trinajstić information content (AvgIpc) is 3.14. The first-order valence-electron chi connectivity index (χ1n) is 11.1. The molecule has 2 aromatic carbocycles. The highest BCUT2D eigenvalue weighted by Crippen LogP contribution is 2.23. The zero-order chi connectivity index (χ0) is 21.9. The molecule has 1 N–H and O–H groups in total. The Morgan fingerprint density at radius 2 is 1.72 bits per heavy atom. The normalized spacial score (nSPS) is 11.9. The maximum atomic E-state index is 13.4. The molecule has 7 nitrogen and oxygen atoms in total. The Morgan fingerprint density at radius 3 is 2.50 bits per heavy atom. The van der Waals surface area contributed by atoms with E-state index in [1.807, 2.05) is 54.6 Å². The van der Waals surface area contributed by atoms with Crippen LogP contribution in [0, 0.1) is 0 Å². The molecule has 0 aliphatic heterocycles. The van der Waals surface area contributed by atoms with E-state index in [1.54, 1.807) is 21.8 Å². The standard InChI is InChI=1S/C25H24N6O/c1-2-3-4-10-15-30-17-26-23-21(25(30)32)22-24(29-20-14-9-8-13-19(20)28-22)31(23)27-16-18-11-6-5-7-12-18/h5-9,11-14,16-17H,2-4,10,15H2,1H3/p+1/b27-16+. The number of nitrogens with one attached hydrogen (secondary N) is 1. The van der Waals surface area contributed by atoms with Crippen LogP contribution in [0.1, 0.15) is 38.2 Å². The van der Waals surface area contributed by atoms with Gasteiger partial charge >= 0.3 is 5.56 Å². The van der Waals surface area contributed by atoms with Crippen molar-refractivity contribution in [3.8, 4) is 0 Å². The van der Waals surface area contributed by atoms with Crippen molar-refractivity contribution in [2.24, 2.45) is 5.10 Å². The Labute approximate surface area is 185 Å². The highest BCUT2D eigenvalue weighted by atomic mass is 16.1. The Balaban J connectivity index is 1.71. The van der Waals surface area contributed by atoms with Crippen molar-refractivity contribution in [3.05, 3.63) is 76.8 Å². The fourth-order valence-electron chi connectivity index (χ4n) is 3.96. The lowest BCUT2D eigenvalue weighted by atomic mass is 10.2. The Bertz CT molecular complexity index is 1480. The van der Waals surface area contributed by atoms with Gasteiger partial charge in [0.05, 0.1) is 23.8 Å². The van der Waals surface area contributed by atoms with Crippen LogP contribution >= 0.6 is 0 Å². The number of rotatable bonds is 7. The smallest absolute Gasteiger partial charge is 0.250 e. The minimum atomic E-state index is -0.0708. The number of H-pyrrole nitrogens is 1. The van der Waals surface area contributed by atoms with Crippen LogP contribution in [-0.4, -0.2) is 25.4 Å². The highest BCUT2D eigenvalue weighted by molar-refractivity contribution is 6.03. The molecular formula is C25H25N6O+. The zero-order valence-corrected chi connectivity index (χ0v) is 18.0. The number of aryl methyl sites for hydroxylation is 1. The van der Waals surface area contributed by atoms with Crippen LogP contribution in [0.5, 0.6) is 0 Å². The van der Waals surface area contributed by atoms with E-state index in [-0.39, 0.29) is 5.56 Å². The SMILES string of the molecule is CCCCCCn1c[nH+]c2c(c1=O)c1nc3ccccc3nc1n2/N=C/c1ccccc1. The predicted octanol–water partition coefficient (Wildman–Crippen LogP) is 4.18. The molecule has 7 heteroatoms. The third-order valence-electron chi connectivity index (χ3n) is 5.64. The number of para-hydroxylation sites is 2. The third-order valence-corrected chi connectivity index (χ3v) is 5.64. The number of unbranched alkanes of at least 4 members (excludes halogenated alkanes) is 3. The van der Waals surface area contributed by atoms with Gasteiger partial charge < -0.3 is 0 Å². The summed E-state index contributed by atoms with van der Waals surface area (Å²) in [6.07, 6.45) is 7.91. The van der Waals surface area contributed by atoms with Crippen LogP contribution in [0.4, 0.5) is 0 Å². The number of benzene rings is 2. The lowest BCUT2D eigenvalue weighted by Crippen LogP contribution is -2.26. The van der Waals surface area contributed by atoms with Gasteiger partial charge in [-0.25, -0.2) is 24.3 Å². The summed E-state index contributed by atoms with van der Waals surface area (Å²) in [5, 5.41) is 5.18. The molecule has 3 heterocycles. The summed E-state index contributed by atoms with van der Waals surface area (Å²) in [5.41, 5.74) is 4.12. The molecule has 0 spiro atoms. The Hall–Kier alpha value is -3.87. The molecule has 3 aromatic heterocycles. The molecule has 32 heavy (non-hydrogen) atoms. The van der Waals surface area contributed by atoms with Gasteiger partial charge in [-0.05, 0) is 24.1 Å². The fourth-order valence-corrected chi connectivity index (χ4v) is 3.96. The van der Waals surface area contributed by atoms with Gasteiger partial charge in [-0.1, -0.05) is 68.7 Å². The summed E-state index contributed by atoms with van der Waals surface area (Å²) in [6.45, 7) is 2.85. The summed E-state index contributed by atoms with van der Waals surface area (Å²) >= 11 is 0. The molecule has 160 valence electrons. The third kappa shape index (κ3) is 3.66. The highest BCUT2D eigenvalue weighted by Gasteiger charge is 2.24. The maximum Gasteiger partial charge on any atom is 0.322 e. The number of nitrogens with zero attached hydrogens (tertiary/aromatic N) is 5. The molecule has 0 radical (unpaired) electrons. The van der Waals surface area contributed by atoms with Crippen LogP contribution in [0.15, 0.2) is 70.8 Å². The molecule has 0 saturated carbocycles. The van der Waals surface area contributed by atoms with E-state index in [4.69, 9.17) is 9.97 Å². The van der Waals surface area contributed by atoms with Crippen molar-refractivity contribution in [2.75, 3.05) is 0 Å². The van der Waals surface area contributed by atoms with Crippen molar-refractivity contribution in [1.82, 2.24) is 19.2 Å². The molecule has 0 amide bonds. The molecule has 0 bridgehead atoms. The van der Waals surface area contributed by atoms with E-state index in [0.29, 0.717) is 28.7 Å². The molecule has 5 aromatic rings. The fraction of sp³-hybridized carbons (Fsp3) is 0.240. The van der Waals surface area contributed by atoms with Gasteiger partial charge in [-0.2, -0.15) is 0 Å². The largest absolute Gasteiger partial charge is 0.322 e. The van der Waals surface area contributed by atoms with Crippen LogP contribution in [0.2, 0.25) is 0 Å². The van der Waals surface area contributed by atoms with Crippen molar-refractivity contribution >= 4 is 39.4 Å². The number of aromatic nitrogens is 5. The summed E-state index contributed by atoms with van der Waals surface area (Å²) in [6, 6.07) is 17.5. The molecule has 0 saturated heterocycles. The van der Waals surface area contributed by atoms with Gasteiger partial charge in [0.25, 0.3) is 5.65 Å². The Kier molecular flexibility index (Phi) is 5.46. The summed E-state index contributed by atoms with van der Waals surface area (Å²) in [7, 11) is 0. The lowest BCUT2D eigenvalue weighted by Gasteiger charge is -2.00. The first-order valence-corrected chi connectivity index (χ1v) is 11.1. The minimum absolute atomic E-state index is 0.0708. The van der Waals surface area contributed by atoms with Crippen molar-refractivity contribution in [1.29, 1.82) is 0 Å². The van der Waals surface area contributed by atoms with Gasteiger partial charge in [0, 0.05) is 0 Å². The minimum Gasteiger partial charge on any atom is -0.250 e. The van der Waals surface area contributed by atoms with Gasteiger partial charge in [0.1, 0.15) is 5.52 Å². The second-order valence-electron chi connectivity index (χ2n) is 7.91. The van der Waals surface area contributed by atoms with Gasteiger partial charge in [0.2, 0.25) is 5.65 Å². The zero-order valence-electron chi connectivity index (χ0n) is 18.0. The van der Waals surface area contributed by atoms with E-state index < -0.39 is 0 Å². The Morgan fingerprint density at radius 1 is 0.969 bits per heavy atom. The molecule has 0 unspecified atom stereocenters. The summed E-state index contributed by atoms with van der Waals surface area (Å²) in [5.74, 6) is 0. The first-order chi connectivity index (χ1) is 15.8. The lowest BCUT2D eigenvalue weighted by molar-refractivity contribution is -0.357. The monoisotopic (exact) mass is 425 g/mol. The van der Waals surface area contributed by atoms with Crippen molar-refractivity contribution in [3.63, 3.8) is 0 Å². The predicted molar refractivity (Wildman–Crippen MR) is 127 cm³/mol. The second kappa shape index (κ2) is 8.70. The van der Waals surface area contributed by atoms with Gasteiger partial charge in [0.15, 0.2) is 11.7 Å². The van der Waals surface area contributed by atoms with Crippen LogP contribution in [-0.2, 0) is 6.54 Å². The van der Waals surface area contributed by atoms with Crippen molar-refractivity contribution < 1.29 is 4.98 Å². The average molecular weight is 426 g/mol. The quantitative estimate of drug-likeness (QED) is 0.290. The maximum absolute atomic E-state index is 13.4. The molecule has 0 aliphatic carbocycles. The van der Waals surface area contributed by atoms with Gasteiger partial charge in [-0.15, -0.1) is 9.78 Å². The molecule has 5 rings (SSSR count). The number of fused-ring (bicyclic) bond motifs is 4. The van der Waals surface area contributed by atoms with Gasteiger partial charge in [-0.3, -0.25) is 0 Å². The molecule has 0 atom stereocenters. The van der Waals surface area contributed by atoms with Crippen LogP contribution < -0.4 is 10.5 Å². The van der Waals surface area contributed by atoms with E-state index >= 15 is 0 Å².